The Kier molecular flexibility index (Phi) is 9.81. The highest BCUT2D eigenvalue weighted by molar-refractivity contribution is 14.0. The second-order valence-electron chi connectivity index (χ2n) is 8.75. The topological polar surface area (TPSA) is 67.2 Å². The molecule has 9 heteroatoms. The number of nitrogens with zero attached hydrogens (tertiary/aromatic N) is 5. The number of hydrogen-bond acceptors (Lipinski definition) is 5. The molecule has 1 aromatic carbocycles. The number of guanidine groups is 1. The van der Waals surface area contributed by atoms with Gasteiger partial charge in [-0.1, -0.05) is 12.1 Å². The zero-order valence-corrected chi connectivity index (χ0v) is 22.3. The number of aryl methyl sites for hydroxylation is 1. The lowest BCUT2D eigenvalue weighted by atomic mass is 9.96. The van der Waals surface area contributed by atoms with Gasteiger partial charge in [0.25, 0.3) is 0 Å². The molecule has 0 bridgehead atoms. The standard InChI is InChI=1S/C24H36N6O2.HI/c1-25-24(30-12-13-32-23(18-30)21-15-27-28(2)17-21)26-14-19-8-10-29(11-9-19)16-20-4-6-22(31-3)7-5-20;/h4-7,15,17,19,23H,8-14,16,18H2,1-3H3,(H,25,26);1H. The molecule has 1 unspecified atom stereocenters. The summed E-state index contributed by atoms with van der Waals surface area (Å²) in [6.45, 7) is 6.61. The van der Waals surface area contributed by atoms with Gasteiger partial charge in [0, 0.05) is 45.5 Å². The molecule has 1 N–H and O–H groups in total. The van der Waals surface area contributed by atoms with Gasteiger partial charge in [0.05, 0.1) is 26.5 Å². The zero-order chi connectivity index (χ0) is 22.3. The molecule has 3 heterocycles. The van der Waals surface area contributed by atoms with E-state index in [4.69, 9.17) is 9.47 Å². The fourth-order valence-electron chi connectivity index (χ4n) is 4.56. The van der Waals surface area contributed by atoms with Crippen LogP contribution in [0.4, 0.5) is 0 Å². The van der Waals surface area contributed by atoms with Crippen LogP contribution in [0.1, 0.15) is 30.1 Å². The summed E-state index contributed by atoms with van der Waals surface area (Å²) in [6, 6.07) is 8.42. The molecule has 0 amide bonds. The van der Waals surface area contributed by atoms with Gasteiger partial charge >= 0.3 is 0 Å². The summed E-state index contributed by atoms with van der Waals surface area (Å²) >= 11 is 0. The molecule has 0 aliphatic carbocycles. The Hall–Kier alpha value is -1.85. The Balaban J connectivity index is 0.00000306. The van der Waals surface area contributed by atoms with Crippen molar-refractivity contribution in [1.29, 1.82) is 0 Å². The first-order valence-corrected chi connectivity index (χ1v) is 11.6. The number of aromatic nitrogens is 2. The maximum atomic E-state index is 5.98. The largest absolute Gasteiger partial charge is 0.497 e. The van der Waals surface area contributed by atoms with Crippen LogP contribution in [0.15, 0.2) is 41.7 Å². The van der Waals surface area contributed by atoms with E-state index in [1.807, 2.05) is 43.3 Å². The predicted octanol–water partition coefficient (Wildman–Crippen LogP) is 2.91. The number of piperidine rings is 1. The van der Waals surface area contributed by atoms with E-state index >= 15 is 0 Å². The second-order valence-corrected chi connectivity index (χ2v) is 8.75. The number of morpholine rings is 1. The maximum absolute atomic E-state index is 5.98. The van der Waals surface area contributed by atoms with Crippen molar-refractivity contribution in [2.24, 2.45) is 18.0 Å². The molecule has 2 saturated heterocycles. The highest BCUT2D eigenvalue weighted by Crippen LogP contribution is 2.22. The predicted molar refractivity (Wildman–Crippen MR) is 141 cm³/mol. The Labute approximate surface area is 214 Å². The highest BCUT2D eigenvalue weighted by atomic mass is 127. The maximum Gasteiger partial charge on any atom is 0.193 e. The van der Waals surface area contributed by atoms with Crippen molar-refractivity contribution in [2.45, 2.75) is 25.5 Å². The van der Waals surface area contributed by atoms with Crippen LogP contribution >= 0.6 is 24.0 Å². The van der Waals surface area contributed by atoms with Crippen LogP contribution < -0.4 is 10.1 Å². The molecule has 1 aromatic heterocycles. The third-order valence-electron chi connectivity index (χ3n) is 6.50. The molecule has 2 aromatic rings. The van der Waals surface area contributed by atoms with Gasteiger partial charge in [0.15, 0.2) is 5.96 Å². The van der Waals surface area contributed by atoms with Crippen LogP contribution in [-0.2, 0) is 18.3 Å². The van der Waals surface area contributed by atoms with E-state index < -0.39 is 0 Å². The number of benzene rings is 1. The SMILES string of the molecule is CN=C(NCC1CCN(Cc2ccc(OC)cc2)CC1)N1CCOC(c2cnn(C)c2)C1.I. The van der Waals surface area contributed by atoms with Crippen molar-refractivity contribution in [1.82, 2.24) is 24.9 Å². The third-order valence-corrected chi connectivity index (χ3v) is 6.50. The summed E-state index contributed by atoms with van der Waals surface area (Å²) in [5.74, 6) is 2.57. The highest BCUT2D eigenvalue weighted by Gasteiger charge is 2.26. The first-order chi connectivity index (χ1) is 15.6. The number of rotatable bonds is 6. The van der Waals surface area contributed by atoms with Crippen LogP contribution in [0.25, 0.3) is 0 Å². The third kappa shape index (κ3) is 7.07. The van der Waals surface area contributed by atoms with E-state index in [0.29, 0.717) is 12.5 Å². The van der Waals surface area contributed by atoms with Crippen molar-refractivity contribution in [3.63, 3.8) is 0 Å². The van der Waals surface area contributed by atoms with Gasteiger partial charge in [-0.2, -0.15) is 5.10 Å². The van der Waals surface area contributed by atoms with Gasteiger partial charge in [-0.05, 0) is 49.5 Å². The number of nitrogens with one attached hydrogen (secondary N) is 1. The number of likely N-dealkylation sites (tertiary alicyclic amines) is 1. The fraction of sp³-hybridized carbons (Fsp3) is 0.583. The molecular formula is C24H37IN6O2. The van der Waals surface area contributed by atoms with Crippen molar-refractivity contribution >= 4 is 29.9 Å². The Morgan fingerprint density at radius 2 is 1.97 bits per heavy atom. The van der Waals surface area contributed by atoms with E-state index in [1.165, 1.54) is 18.4 Å². The van der Waals surface area contributed by atoms with Crippen LogP contribution in [0.3, 0.4) is 0 Å². The van der Waals surface area contributed by atoms with Crippen LogP contribution in [-0.4, -0.2) is 79.0 Å². The molecule has 8 nitrogen and oxygen atoms in total. The summed E-state index contributed by atoms with van der Waals surface area (Å²) in [6.07, 6.45) is 6.38. The summed E-state index contributed by atoms with van der Waals surface area (Å²) in [7, 11) is 5.52. The molecule has 4 rings (SSSR count). The number of halogens is 1. The zero-order valence-electron chi connectivity index (χ0n) is 19.9. The summed E-state index contributed by atoms with van der Waals surface area (Å²) in [5, 5.41) is 7.91. The minimum Gasteiger partial charge on any atom is -0.497 e. The Morgan fingerprint density at radius 1 is 1.21 bits per heavy atom. The van der Waals surface area contributed by atoms with Crippen molar-refractivity contribution in [3.05, 3.63) is 47.8 Å². The number of methoxy groups -OCH3 is 1. The van der Waals surface area contributed by atoms with Gasteiger partial charge in [-0.15, -0.1) is 24.0 Å². The molecule has 0 radical (unpaired) electrons. The molecule has 1 atom stereocenters. The Morgan fingerprint density at radius 3 is 2.61 bits per heavy atom. The van der Waals surface area contributed by atoms with Gasteiger partial charge in [0.1, 0.15) is 11.9 Å². The number of aliphatic imine (C=N–C) groups is 1. The number of ether oxygens (including phenoxy) is 2. The lowest BCUT2D eigenvalue weighted by Crippen LogP contribution is -2.49. The van der Waals surface area contributed by atoms with Crippen molar-refractivity contribution in [2.75, 3.05) is 53.5 Å². The van der Waals surface area contributed by atoms with Crippen molar-refractivity contribution < 1.29 is 9.47 Å². The van der Waals surface area contributed by atoms with Gasteiger partial charge < -0.3 is 19.7 Å². The summed E-state index contributed by atoms with van der Waals surface area (Å²) in [5.41, 5.74) is 2.47. The molecule has 2 aliphatic rings. The van der Waals surface area contributed by atoms with Crippen LogP contribution in [0.2, 0.25) is 0 Å². The van der Waals surface area contributed by atoms with E-state index in [9.17, 15) is 0 Å². The molecule has 2 aliphatic heterocycles. The van der Waals surface area contributed by atoms with E-state index in [1.54, 1.807) is 7.11 Å². The monoisotopic (exact) mass is 568 g/mol. The van der Waals surface area contributed by atoms with Crippen LogP contribution in [0, 0.1) is 5.92 Å². The minimum absolute atomic E-state index is 0. The average Bonchev–Trinajstić information content (AvgIpc) is 3.27. The normalized spacial score (nSPS) is 20.4. The first kappa shape index (κ1) is 25.8. The molecule has 33 heavy (non-hydrogen) atoms. The smallest absolute Gasteiger partial charge is 0.193 e. The van der Waals surface area contributed by atoms with E-state index in [-0.39, 0.29) is 30.1 Å². The van der Waals surface area contributed by atoms with Gasteiger partial charge in [-0.25, -0.2) is 0 Å². The summed E-state index contributed by atoms with van der Waals surface area (Å²) < 4.78 is 13.1. The molecule has 0 spiro atoms. The van der Waals surface area contributed by atoms with Crippen LogP contribution in [0.5, 0.6) is 5.75 Å². The lowest BCUT2D eigenvalue weighted by molar-refractivity contribution is -0.00812. The molecule has 2 fully saturated rings. The molecular weight excluding hydrogens is 531 g/mol. The Bertz CT molecular complexity index is 879. The van der Waals surface area contributed by atoms with E-state index in [2.05, 4.69) is 37.3 Å². The number of hydrogen-bond donors (Lipinski definition) is 1. The van der Waals surface area contributed by atoms with Crippen molar-refractivity contribution in [3.8, 4) is 5.75 Å². The first-order valence-electron chi connectivity index (χ1n) is 11.6. The van der Waals surface area contributed by atoms with Gasteiger partial charge in [-0.3, -0.25) is 14.6 Å². The van der Waals surface area contributed by atoms with E-state index in [0.717, 1.165) is 56.5 Å². The fourth-order valence-corrected chi connectivity index (χ4v) is 4.56. The summed E-state index contributed by atoms with van der Waals surface area (Å²) in [4.78, 5) is 9.40. The second kappa shape index (κ2) is 12.6. The quantitative estimate of drug-likeness (QED) is 0.329. The average molecular weight is 569 g/mol. The van der Waals surface area contributed by atoms with Gasteiger partial charge in [0.2, 0.25) is 0 Å². The minimum atomic E-state index is 0. The lowest BCUT2D eigenvalue weighted by Gasteiger charge is -2.36. The molecule has 0 saturated carbocycles. The molecule has 182 valence electrons.